The lowest BCUT2D eigenvalue weighted by Gasteiger charge is -2.27. The quantitative estimate of drug-likeness (QED) is 0.639. The van der Waals surface area contributed by atoms with Crippen LogP contribution in [0.15, 0.2) is 36.4 Å². The van der Waals surface area contributed by atoms with E-state index < -0.39 is 0 Å². The summed E-state index contributed by atoms with van der Waals surface area (Å²) >= 11 is 3.97. The first-order valence-electron chi connectivity index (χ1n) is 7.51. The van der Waals surface area contributed by atoms with Crippen molar-refractivity contribution in [1.29, 1.82) is 0 Å². The Labute approximate surface area is 129 Å². The van der Waals surface area contributed by atoms with Gasteiger partial charge in [0.1, 0.15) is 5.75 Å². The maximum atomic E-state index is 5.49. The average Bonchev–Trinajstić information content (AvgIpc) is 2.54. The number of halogens is 1. The Morgan fingerprint density at radius 2 is 1.70 bits per heavy atom. The minimum absolute atomic E-state index is 0.457. The van der Waals surface area contributed by atoms with Gasteiger partial charge in [-0.3, -0.25) is 0 Å². The Morgan fingerprint density at radius 1 is 1.00 bits per heavy atom. The molecule has 0 N–H and O–H groups in total. The number of alkyl halides is 1. The zero-order valence-corrected chi connectivity index (χ0v) is 13.5. The van der Waals surface area contributed by atoms with Crippen LogP contribution in [0.2, 0.25) is 0 Å². The molecule has 2 aromatic rings. The van der Waals surface area contributed by atoms with Gasteiger partial charge in [0.15, 0.2) is 0 Å². The van der Waals surface area contributed by atoms with Crippen molar-refractivity contribution >= 4 is 26.7 Å². The minimum Gasteiger partial charge on any atom is -0.496 e. The summed E-state index contributed by atoms with van der Waals surface area (Å²) in [7, 11) is 1.74. The normalized spacial score (nSPS) is 18.1. The first-order chi connectivity index (χ1) is 9.81. The van der Waals surface area contributed by atoms with Crippen LogP contribution < -0.4 is 4.74 Å². The van der Waals surface area contributed by atoms with E-state index in [1.165, 1.54) is 48.4 Å². The van der Waals surface area contributed by atoms with Gasteiger partial charge in [-0.1, -0.05) is 65.5 Å². The molecule has 2 aromatic carbocycles. The summed E-state index contributed by atoms with van der Waals surface area (Å²) in [4.78, 5) is 0.457. The van der Waals surface area contributed by atoms with E-state index in [1.54, 1.807) is 7.11 Å². The molecule has 2 heteroatoms. The fourth-order valence-corrected chi connectivity index (χ4v) is 4.32. The number of hydrogen-bond acceptors (Lipinski definition) is 1. The zero-order chi connectivity index (χ0) is 13.9. The van der Waals surface area contributed by atoms with Crippen LogP contribution in [0, 0.1) is 5.92 Å². The molecule has 20 heavy (non-hydrogen) atoms. The second-order valence-corrected chi connectivity index (χ2v) is 6.69. The Morgan fingerprint density at radius 3 is 2.40 bits per heavy atom. The van der Waals surface area contributed by atoms with E-state index in [0.717, 1.165) is 11.7 Å². The fraction of sp³-hybridized carbons (Fsp3) is 0.444. The minimum atomic E-state index is 0.457. The number of methoxy groups -OCH3 is 1. The van der Waals surface area contributed by atoms with Gasteiger partial charge < -0.3 is 4.74 Å². The predicted octanol–water partition coefficient (Wildman–Crippen LogP) is 5.86. The molecule has 0 saturated heterocycles. The molecule has 1 atom stereocenters. The number of benzene rings is 2. The van der Waals surface area contributed by atoms with Gasteiger partial charge in [0.25, 0.3) is 0 Å². The molecule has 1 unspecified atom stereocenters. The van der Waals surface area contributed by atoms with E-state index in [-0.39, 0.29) is 0 Å². The van der Waals surface area contributed by atoms with E-state index in [4.69, 9.17) is 4.74 Å². The van der Waals surface area contributed by atoms with Gasteiger partial charge in [-0.15, -0.1) is 0 Å². The molecule has 3 rings (SSSR count). The van der Waals surface area contributed by atoms with Gasteiger partial charge >= 0.3 is 0 Å². The highest BCUT2D eigenvalue weighted by atomic mass is 79.9. The summed E-state index contributed by atoms with van der Waals surface area (Å²) in [6.45, 7) is 0. The molecule has 0 bridgehead atoms. The molecule has 1 aliphatic rings. The predicted molar refractivity (Wildman–Crippen MR) is 88.7 cm³/mol. The number of rotatable bonds is 3. The SMILES string of the molecule is COc1ccc(C(Br)C2CCCCC2)c2ccccc12. The number of fused-ring (bicyclic) bond motifs is 1. The maximum Gasteiger partial charge on any atom is 0.126 e. The summed E-state index contributed by atoms with van der Waals surface area (Å²) in [5.41, 5.74) is 1.41. The third-order valence-electron chi connectivity index (χ3n) is 4.50. The summed E-state index contributed by atoms with van der Waals surface area (Å²) in [5, 5.41) is 2.53. The lowest BCUT2D eigenvalue weighted by atomic mass is 9.83. The Balaban J connectivity index is 2.02. The summed E-state index contributed by atoms with van der Waals surface area (Å²) in [5.74, 6) is 1.73. The first-order valence-corrected chi connectivity index (χ1v) is 8.42. The molecular formula is C18H21BrO. The van der Waals surface area contributed by atoms with E-state index >= 15 is 0 Å². The van der Waals surface area contributed by atoms with Crippen LogP contribution in [0.5, 0.6) is 5.75 Å². The van der Waals surface area contributed by atoms with E-state index in [9.17, 15) is 0 Å². The van der Waals surface area contributed by atoms with Gasteiger partial charge in [0.05, 0.1) is 7.11 Å². The molecule has 0 radical (unpaired) electrons. The molecule has 0 aromatic heterocycles. The highest BCUT2D eigenvalue weighted by Crippen LogP contribution is 2.43. The van der Waals surface area contributed by atoms with Crippen LogP contribution in [0.4, 0.5) is 0 Å². The second-order valence-electron chi connectivity index (χ2n) is 5.70. The van der Waals surface area contributed by atoms with Gasteiger partial charge in [-0.25, -0.2) is 0 Å². The fourth-order valence-electron chi connectivity index (χ4n) is 3.39. The van der Waals surface area contributed by atoms with Gasteiger partial charge in [0.2, 0.25) is 0 Å². The highest BCUT2D eigenvalue weighted by molar-refractivity contribution is 9.09. The van der Waals surface area contributed by atoms with E-state index in [1.807, 2.05) is 0 Å². The zero-order valence-electron chi connectivity index (χ0n) is 11.9. The van der Waals surface area contributed by atoms with Crippen molar-refractivity contribution in [2.45, 2.75) is 36.9 Å². The molecule has 1 aliphatic carbocycles. The van der Waals surface area contributed by atoms with Crippen molar-refractivity contribution in [1.82, 2.24) is 0 Å². The molecule has 0 heterocycles. The Hall–Kier alpha value is -1.02. The largest absolute Gasteiger partial charge is 0.496 e. The molecule has 0 amide bonds. The molecule has 0 spiro atoms. The molecule has 106 valence electrons. The lowest BCUT2D eigenvalue weighted by molar-refractivity contribution is 0.355. The first kappa shape index (κ1) is 13.9. The smallest absolute Gasteiger partial charge is 0.126 e. The lowest BCUT2D eigenvalue weighted by Crippen LogP contribution is -2.12. The van der Waals surface area contributed by atoms with Crippen molar-refractivity contribution in [3.63, 3.8) is 0 Å². The van der Waals surface area contributed by atoms with Crippen LogP contribution in [0.25, 0.3) is 10.8 Å². The van der Waals surface area contributed by atoms with Crippen molar-refractivity contribution in [3.8, 4) is 5.75 Å². The maximum absolute atomic E-state index is 5.49. The molecule has 1 fully saturated rings. The Kier molecular flexibility index (Phi) is 4.30. The van der Waals surface area contributed by atoms with E-state index in [2.05, 4.69) is 52.3 Å². The standard InChI is InChI=1S/C18H21BrO/c1-20-17-12-11-16(14-9-5-6-10-15(14)17)18(19)13-7-3-2-4-8-13/h5-6,9-13,18H,2-4,7-8H2,1H3. The van der Waals surface area contributed by atoms with Crippen LogP contribution >= 0.6 is 15.9 Å². The van der Waals surface area contributed by atoms with Crippen LogP contribution in [0.1, 0.15) is 42.5 Å². The van der Waals surface area contributed by atoms with Gasteiger partial charge in [0, 0.05) is 10.2 Å². The monoisotopic (exact) mass is 332 g/mol. The van der Waals surface area contributed by atoms with Gasteiger partial charge in [-0.2, -0.15) is 0 Å². The van der Waals surface area contributed by atoms with Crippen molar-refractivity contribution in [2.75, 3.05) is 7.11 Å². The van der Waals surface area contributed by atoms with Crippen LogP contribution in [-0.4, -0.2) is 7.11 Å². The molecule has 1 nitrogen and oxygen atoms in total. The van der Waals surface area contributed by atoms with Crippen molar-refractivity contribution in [2.24, 2.45) is 5.92 Å². The molecular weight excluding hydrogens is 312 g/mol. The van der Waals surface area contributed by atoms with Crippen molar-refractivity contribution < 1.29 is 4.74 Å². The van der Waals surface area contributed by atoms with Crippen LogP contribution in [0.3, 0.4) is 0 Å². The third kappa shape index (κ3) is 2.58. The van der Waals surface area contributed by atoms with Crippen molar-refractivity contribution in [3.05, 3.63) is 42.0 Å². The van der Waals surface area contributed by atoms with Gasteiger partial charge in [-0.05, 0) is 35.8 Å². The van der Waals surface area contributed by atoms with Crippen LogP contribution in [-0.2, 0) is 0 Å². The topological polar surface area (TPSA) is 9.23 Å². The molecule has 1 saturated carbocycles. The average molecular weight is 333 g/mol. The number of ether oxygens (including phenoxy) is 1. The highest BCUT2D eigenvalue weighted by Gasteiger charge is 2.24. The van der Waals surface area contributed by atoms with E-state index in [0.29, 0.717) is 4.83 Å². The second kappa shape index (κ2) is 6.17. The summed E-state index contributed by atoms with van der Waals surface area (Å²) in [6, 6.07) is 12.9. The number of hydrogen-bond donors (Lipinski definition) is 0. The third-order valence-corrected chi connectivity index (χ3v) is 5.74. The summed E-state index contributed by atoms with van der Waals surface area (Å²) < 4.78 is 5.49. The molecule has 0 aliphatic heterocycles. The summed E-state index contributed by atoms with van der Waals surface area (Å²) in [6.07, 6.45) is 6.84. The Bertz CT molecular complexity index is 587.